The van der Waals surface area contributed by atoms with Gasteiger partial charge in [0, 0.05) is 17.6 Å². The Morgan fingerprint density at radius 1 is 1.38 bits per heavy atom. The molecular formula is C13H14N6OS. The number of tetrazole rings is 1. The molecule has 0 N–H and O–H groups in total. The molecule has 0 amide bonds. The number of hydrogen-bond donors (Lipinski definition) is 0. The molecule has 1 saturated heterocycles. The molecule has 4 heterocycles. The molecule has 1 unspecified atom stereocenters. The van der Waals surface area contributed by atoms with Crippen LogP contribution < -0.4 is 4.90 Å². The van der Waals surface area contributed by atoms with E-state index in [1.165, 1.54) is 0 Å². The van der Waals surface area contributed by atoms with Gasteiger partial charge in [0.2, 0.25) is 0 Å². The molecule has 1 aliphatic rings. The smallest absolute Gasteiger partial charge is 0.179 e. The van der Waals surface area contributed by atoms with Gasteiger partial charge in [0.25, 0.3) is 0 Å². The Balaban J connectivity index is 1.59. The zero-order valence-electron chi connectivity index (χ0n) is 11.5. The van der Waals surface area contributed by atoms with E-state index in [-0.39, 0.29) is 6.10 Å². The predicted molar refractivity (Wildman–Crippen MR) is 78.5 cm³/mol. The van der Waals surface area contributed by atoms with Crippen molar-refractivity contribution in [1.29, 1.82) is 0 Å². The Kier molecular flexibility index (Phi) is 3.04. The van der Waals surface area contributed by atoms with Gasteiger partial charge in [0.1, 0.15) is 11.1 Å². The lowest BCUT2D eigenvalue weighted by molar-refractivity contribution is 0.0395. The first-order valence-electron chi connectivity index (χ1n) is 6.76. The zero-order chi connectivity index (χ0) is 14.2. The molecule has 4 rings (SSSR count). The second kappa shape index (κ2) is 5.05. The average molecular weight is 302 g/mol. The summed E-state index contributed by atoms with van der Waals surface area (Å²) in [6.07, 6.45) is 1.98. The first-order valence-corrected chi connectivity index (χ1v) is 7.64. The number of fused-ring (bicyclic) bond motifs is 1. The van der Waals surface area contributed by atoms with Crippen LogP contribution in [-0.4, -0.2) is 44.7 Å². The van der Waals surface area contributed by atoms with Crippen molar-refractivity contribution in [3.8, 4) is 0 Å². The topological polar surface area (TPSA) is 68.4 Å². The second-order valence-electron chi connectivity index (χ2n) is 5.00. The number of thiazole rings is 1. The summed E-state index contributed by atoms with van der Waals surface area (Å²) in [7, 11) is 0. The molecule has 0 spiro atoms. The summed E-state index contributed by atoms with van der Waals surface area (Å²) >= 11 is 1.66. The van der Waals surface area contributed by atoms with E-state index in [0.29, 0.717) is 6.61 Å². The van der Waals surface area contributed by atoms with Crippen LogP contribution >= 0.6 is 11.3 Å². The number of rotatable bonds is 2. The van der Waals surface area contributed by atoms with Gasteiger partial charge in [-0.3, -0.25) is 0 Å². The Labute approximate surface area is 125 Å². The maximum atomic E-state index is 5.86. The summed E-state index contributed by atoms with van der Waals surface area (Å²) in [5.41, 5.74) is 2.89. The number of hydrogen-bond acceptors (Lipinski definition) is 7. The molecule has 1 fully saturated rings. The third kappa shape index (κ3) is 2.36. The molecule has 0 saturated carbocycles. The van der Waals surface area contributed by atoms with E-state index in [1.54, 1.807) is 15.9 Å². The van der Waals surface area contributed by atoms with Crippen molar-refractivity contribution < 1.29 is 4.74 Å². The minimum Gasteiger partial charge on any atom is -0.367 e. The third-order valence-electron chi connectivity index (χ3n) is 3.52. The average Bonchev–Trinajstić information content (AvgIpc) is 3.15. The van der Waals surface area contributed by atoms with Crippen molar-refractivity contribution in [3.05, 3.63) is 34.4 Å². The largest absolute Gasteiger partial charge is 0.367 e. The lowest BCUT2D eigenvalue weighted by Gasteiger charge is -2.33. The molecule has 8 heteroatoms. The van der Waals surface area contributed by atoms with Gasteiger partial charge >= 0.3 is 0 Å². The van der Waals surface area contributed by atoms with Crippen LogP contribution in [0, 0.1) is 6.92 Å². The normalized spacial score (nSPS) is 19.3. The first-order chi connectivity index (χ1) is 10.3. The lowest BCUT2D eigenvalue weighted by atomic mass is 10.2. The molecule has 108 valence electrons. The maximum Gasteiger partial charge on any atom is 0.179 e. The second-order valence-corrected chi connectivity index (χ2v) is 5.89. The highest BCUT2D eigenvalue weighted by atomic mass is 32.1. The summed E-state index contributed by atoms with van der Waals surface area (Å²) < 4.78 is 7.55. The van der Waals surface area contributed by atoms with Crippen LogP contribution in [0.3, 0.4) is 0 Å². The van der Waals surface area contributed by atoms with Gasteiger partial charge in [0.05, 0.1) is 25.0 Å². The van der Waals surface area contributed by atoms with Gasteiger partial charge in [-0.25, -0.2) is 4.98 Å². The Bertz CT molecular complexity index is 769. The van der Waals surface area contributed by atoms with Gasteiger partial charge in [-0.1, -0.05) is 0 Å². The third-order valence-corrected chi connectivity index (χ3v) is 4.57. The number of pyridine rings is 1. The minimum absolute atomic E-state index is 0.0296. The lowest BCUT2D eigenvalue weighted by Crippen LogP contribution is -2.38. The maximum absolute atomic E-state index is 5.86. The number of nitrogens with zero attached hydrogens (tertiary/aromatic N) is 6. The van der Waals surface area contributed by atoms with E-state index < -0.39 is 0 Å². The predicted octanol–water partition coefficient (Wildman–Crippen LogP) is 1.47. The molecule has 1 atom stereocenters. The molecule has 0 bridgehead atoms. The van der Waals surface area contributed by atoms with Crippen molar-refractivity contribution >= 4 is 22.7 Å². The van der Waals surface area contributed by atoms with E-state index in [4.69, 9.17) is 4.74 Å². The van der Waals surface area contributed by atoms with Crippen molar-refractivity contribution in [3.63, 3.8) is 0 Å². The summed E-state index contributed by atoms with van der Waals surface area (Å²) in [6, 6.07) is 3.97. The summed E-state index contributed by atoms with van der Waals surface area (Å²) in [4.78, 5) is 6.82. The highest BCUT2D eigenvalue weighted by Crippen LogP contribution is 2.28. The van der Waals surface area contributed by atoms with Crippen molar-refractivity contribution in [2.45, 2.75) is 13.0 Å². The highest BCUT2D eigenvalue weighted by Gasteiger charge is 2.24. The van der Waals surface area contributed by atoms with Gasteiger partial charge in [-0.05, 0) is 29.5 Å². The highest BCUT2D eigenvalue weighted by molar-refractivity contribution is 7.09. The van der Waals surface area contributed by atoms with E-state index in [2.05, 4.69) is 30.8 Å². The van der Waals surface area contributed by atoms with E-state index in [0.717, 1.165) is 35.1 Å². The van der Waals surface area contributed by atoms with Crippen molar-refractivity contribution in [1.82, 2.24) is 25.0 Å². The van der Waals surface area contributed by atoms with E-state index in [1.807, 2.05) is 25.3 Å². The van der Waals surface area contributed by atoms with Crippen LogP contribution in [0.4, 0.5) is 5.69 Å². The molecule has 21 heavy (non-hydrogen) atoms. The van der Waals surface area contributed by atoms with Crippen LogP contribution in [-0.2, 0) is 4.74 Å². The zero-order valence-corrected chi connectivity index (χ0v) is 12.3. The molecule has 3 aromatic rings. The van der Waals surface area contributed by atoms with E-state index in [9.17, 15) is 0 Å². The Hall–Kier alpha value is -2.06. The van der Waals surface area contributed by atoms with Crippen LogP contribution in [0.15, 0.2) is 23.7 Å². The molecule has 0 aromatic carbocycles. The summed E-state index contributed by atoms with van der Waals surface area (Å²) in [5.74, 6) is 0. The molecule has 7 nitrogen and oxygen atoms in total. The Morgan fingerprint density at radius 2 is 2.33 bits per heavy atom. The number of aromatic nitrogens is 5. The van der Waals surface area contributed by atoms with Gasteiger partial charge in [-0.15, -0.1) is 16.4 Å². The molecule has 0 radical (unpaired) electrons. The molecule has 3 aromatic heterocycles. The minimum atomic E-state index is 0.0296. The van der Waals surface area contributed by atoms with Crippen LogP contribution in [0.2, 0.25) is 0 Å². The fourth-order valence-corrected chi connectivity index (χ4v) is 3.31. The van der Waals surface area contributed by atoms with Gasteiger partial charge < -0.3 is 9.64 Å². The fraction of sp³-hybridized carbons (Fsp3) is 0.385. The number of ether oxygens (including phenoxy) is 1. The number of morpholine rings is 1. The first kappa shape index (κ1) is 12.7. The summed E-state index contributed by atoms with van der Waals surface area (Å²) in [6.45, 7) is 4.35. The SMILES string of the molecule is Cc1csc(C2CN(c3ccc4nnnn4c3)CCO2)n1. The monoisotopic (exact) mass is 302 g/mol. The van der Waals surface area contributed by atoms with Gasteiger partial charge in [0.15, 0.2) is 5.65 Å². The number of anilines is 1. The quantitative estimate of drug-likeness (QED) is 0.714. The number of aryl methyl sites for hydroxylation is 1. The van der Waals surface area contributed by atoms with Crippen LogP contribution in [0.25, 0.3) is 5.65 Å². The molecular weight excluding hydrogens is 288 g/mol. The molecule has 0 aliphatic carbocycles. The standard InChI is InChI=1S/C13H14N6OS/c1-9-8-21-13(14-9)11-7-18(4-5-20-11)10-2-3-12-15-16-17-19(12)6-10/h2-3,6,8,11H,4-5,7H2,1H3. The van der Waals surface area contributed by atoms with Gasteiger partial charge in [-0.2, -0.15) is 4.52 Å². The van der Waals surface area contributed by atoms with Crippen molar-refractivity contribution in [2.24, 2.45) is 0 Å². The summed E-state index contributed by atoms with van der Waals surface area (Å²) in [5, 5.41) is 14.6. The van der Waals surface area contributed by atoms with Crippen LogP contribution in [0.5, 0.6) is 0 Å². The van der Waals surface area contributed by atoms with Crippen molar-refractivity contribution in [2.75, 3.05) is 24.6 Å². The fourth-order valence-electron chi connectivity index (χ4n) is 2.47. The van der Waals surface area contributed by atoms with E-state index >= 15 is 0 Å². The van der Waals surface area contributed by atoms with Crippen LogP contribution in [0.1, 0.15) is 16.8 Å². The Morgan fingerprint density at radius 3 is 3.19 bits per heavy atom. The molecule has 1 aliphatic heterocycles.